The lowest BCUT2D eigenvalue weighted by molar-refractivity contribution is 0.414. The van der Waals surface area contributed by atoms with E-state index in [0.717, 1.165) is 49.7 Å². The number of aromatic amines is 1. The third-order valence-corrected chi connectivity index (χ3v) is 6.46. The van der Waals surface area contributed by atoms with Gasteiger partial charge in [0.2, 0.25) is 10.0 Å². The van der Waals surface area contributed by atoms with E-state index in [1.54, 1.807) is 0 Å². The van der Waals surface area contributed by atoms with Crippen molar-refractivity contribution in [1.82, 2.24) is 14.6 Å². The molecule has 6 heteroatoms. The molecule has 0 radical (unpaired) electrons. The average molecular weight is 364 g/mol. The van der Waals surface area contributed by atoms with E-state index in [0.29, 0.717) is 6.42 Å². The number of H-pyrrole nitrogens is 1. The van der Waals surface area contributed by atoms with Crippen molar-refractivity contribution in [3.63, 3.8) is 0 Å². The van der Waals surface area contributed by atoms with E-state index >= 15 is 0 Å². The Morgan fingerprint density at radius 2 is 1.96 bits per heavy atom. The van der Waals surface area contributed by atoms with E-state index < -0.39 is 10.0 Å². The number of aryl methyl sites for hydroxylation is 1. The van der Waals surface area contributed by atoms with Crippen LogP contribution in [0.5, 0.6) is 0 Å². The highest BCUT2D eigenvalue weighted by molar-refractivity contribution is 7.89. The van der Waals surface area contributed by atoms with Crippen molar-refractivity contribution in [2.24, 2.45) is 0 Å². The summed E-state index contributed by atoms with van der Waals surface area (Å²) in [6.07, 6.45) is 7.82. The lowest BCUT2D eigenvalue weighted by atomic mass is 10.1. The first-order valence-corrected chi connectivity index (χ1v) is 10.8. The van der Waals surface area contributed by atoms with Crippen molar-refractivity contribution in [1.29, 1.82) is 0 Å². The van der Waals surface area contributed by atoms with E-state index in [2.05, 4.69) is 47.0 Å². The zero-order valence-electron chi connectivity index (χ0n) is 15.2. The normalized spacial score (nSPS) is 16.3. The third-order valence-electron chi connectivity index (χ3n) is 5.02. The highest BCUT2D eigenvalue weighted by Gasteiger charge is 2.21. The molecular weight excluding hydrogens is 334 g/mol. The summed E-state index contributed by atoms with van der Waals surface area (Å²) < 4.78 is 27.5. The Hall–Kier alpha value is -1.37. The Balaban J connectivity index is 1.65. The molecule has 0 amide bonds. The maximum atomic E-state index is 12.3. The molecule has 3 rings (SSSR count). The van der Waals surface area contributed by atoms with Crippen molar-refractivity contribution >= 4 is 20.9 Å². The summed E-state index contributed by atoms with van der Waals surface area (Å²) in [6, 6.07) is 6.37. The van der Waals surface area contributed by atoms with Gasteiger partial charge in [0, 0.05) is 29.7 Å². The standard InChI is InChI=1S/C19H29N3O2S/c1-22(2)11-9-16-14-20-19-8-7-15(13-18(16)19)10-12-25(23,24)21-17-5-3-4-6-17/h7-8,13-14,17,20-21H,3-6,9-12H2,1-2H3. The van der Waals surface area contributed by atoms with Gasteiger partial charge in [0.15, 0.2) is 0 Å². The lowest BCUT2D eigenvalue weighted by Gasteiger charge is -2.12. The predicted molar refractivity (Wildman–Crippen MR) is 103 cm³/mol. The van der Waals surface area contributed by atoms with E-state index in [1.807, 2.05) is 6.07 Å². The van der Waals surface area contributed by atoms with Crippen LogP contribution in [0.15, 0.2) is 24.4 Å². The second-order valence-electron chi connectivity index (χ2n) is 7.42. The zero-order chi connectivity index (χ0) is 17.9. The third kappa shape index (κ3) is 5.06. The molecule has 0 aliphatic heterocycles. The molecule has 0 bridgehead atoms. The van der Waals surface area contributed by atoms with Gasteiger partial charge in [0.25, 0.3) is 0 Å². The van der Waals surface area contributed by atoms with Crippen molar-refractivity contribution in [3.05, 3.63) is 35.5 Å². The molecule has 0 saturated heterocycles. The van der Waals surface area contributed by atoms with Gasteiger partial charge in [-0.25, -0.2) is 13.1 Å². The first-order valence-electron chi connectivity index (χ1n) is 9.16. The van der Waals surface area contributed by atoms with E-state index in [9.17, 15) is 8.42 Å². The van der Waals surface area contributed by atoms with Crippen LogP contribution < -0.4 is 4.72 Å². The Morgan fingerprint density at radius 3 is 2.68 bits per heavy atom. The van der Waals surface area contributed by atoms with Gasteiger partial charge in [-0.1, -0.05) is 18.9 Å². The molecule has 25 heavy (non-hydrogen) atoms. The minimum atomic E-state index is -3.20. The number of fused-ring (bicyclic) bond motifs is 1. The lowest BCUT2D eigenvalue weighted by Crippen LogP contribution is -2.34. The largest absolute Gasteiger partial charge is 0.361 e. The molecule has 2 aromatic rings. The van der Waals surface area contributed by atoms with E-state index in [1.165, 1.54) is 10.9 Å². The van der Waals surface area contributed by atoms with Crippen molar-refractivity contribution in [2.45, 2.75) is 44.6 Å². The molecule has 1 saturated carbocycles. The quantitative estimate of drug-likeness (QED) is 0.758. The number of nitrogens with one attached hydrogen (secondary N) is 2. The molecule has 2 N–H and O–H groups in total. The van der Waals surface area contributed by atoms with E-state index in [4.69, 9.17) is 0 Å². The summed E-state index contributed by atoms with van der Waals surface area (Å²) in [5.41, 5.74) is 3.48. The van der Waals surface area contributed by atoms with Crippen molar-refractivity contribution in [3.8, 4) is 0 Å². The summed E-state index contributed by atoms with van der Waals surface area (Å²) in [5.74, 6) is 0.159. The van der Waals surface area contributed by atoms with Crippen LogP contribution in [0.4, 0.5) is 0 Å². The summed E-state index contributed by atoms with van der Waals surface area (Å²) in [4.78, 5) is 5.48. The first kappa shape index (κ1) is 18.4. The molecule has 1 heterocycles. The summed E-state index contributed by atoms with van der Waals surface area (Å²) in [7, 11) is 0.945. The molecule has 1 aromatic heterocycles. The van der Waals surface area contributed by atoms with E-state index in [-0.39, 0.29) is 11.8 Å². The van der Waals surface area contributed by atoms with Crippen LogP contribution in [-0.2, 0) is 22.9 Å². The second kappa shape index (κ2) is 7.89. The fourth-order valence-electron chi connectivity index (χ4n) is 3.54. The monoisotopic (exact) mass is 363 g/mol. The Morgan fingerprint density at radius 1 is 1.20 bits per heavy atom. The minimum absolute atomic E-state index is 0.148. The van der Waals surface area contributed by atoms with Crippen LogP contribution in [0, 0.1) is 0 Å². The van der Waals surface area contributed by atoms with Gasteiger partial charge in [0.05, 0.1) is 5.75 Å². The topological polar surface area (TPSA) is 65.2 Å². The number of nitrogens with zero attached hydrogens (tertiary/aromatic N) is 1. The molecule has 0 unspecified atom stereocenters. The summed E-state index contributed by atoms with van der Waals surface area (Å²) in [6.45, 7) is 0.997. The maximum absolute atomic E-state index is 12.3. The van der Waals surface area contributed by atoms with Gasteiger partial charge < -0.3 is 9.88 Å². The van der Waals surface area contributed by atoms with Gasteiger partial charge in [0.1, 0.15) is 0 Å². The predicted octanol–water partition coefficient (Wildman–Crippen LogP) is 2.68. The maximum Gasteiger partial charge on any atom is 0.212 e. The number of benzene rings is 1. The number of hydrogen-bond acceptors (Lipinski definition) is 3. The van der Waals surface area contributed by atoms with Crippen molar-refractivity contribution in [2.75, 3.05) is 26.4 Å². The molecule has 5 nitrogen and oxygen atoms in total. The Labute approximate surface area is 150 Å². The van der Waals surface area contributed by atoms with Gasteiger partial charge in [-0.15, -0.1) is 0 Å². The molecule has 1 aliphatic carbocycles. The molecule has 0 spiro atoms. The van der Waals surface area contributed by atoms with Gasteiger partial charge in [-0.05, 0) is 63.0 Å². The zero-order valence-corrected chi connectivity index (χ0v) is 16.0. The second-order valence-corrected chi connectivity index (χ2v) is 9.29. The molecule has 138 valence electrons. The molecular formula is C19H29N3O2S. The number of aromatic nitrogens is 1. The summed E-state index contributed by atoms with van der Waals surface area (Å²) >= 11 is 0. The fraction of sp³-hybridized carbons (Fsp3) is 0.579. The highest BCUT2D eigenvalue weighted by atomic mass is 32.2. The van der Waals surface area contributed by atoms with Crippen LogP contribution >= 0.6 is 0 Å². The molecule has 0 atom stereocenters. The minimum Gasteiger partial charge on any atom is -0.361 e. The number of hydrogen-bond donors (Lipinski definition) is 2. The number of rotatable bonds is 8. The van der Waals surface area contributed by atoms with Crippen LogP contribution in [0.25, 0.3) is 10.9 Å². The fourth-order valence-corrected chi connectivity index (χ4v) is 4.91. The number of sulfonamides is 1. The molecule has 1 fully saturated rings. The SMILES string of the molecule is CN(C)CCc1c[nH]c2ccc(CCS(=O)(=O)NC3CCCC3)cc12. The van der Waals surface area contributed by atoms with Crippen molar-refractivity contribution < 1.29 is 8.42 Å². The summed E-state index contributed by atoms with van der Waals surface area (Å²) in [5, 5.41) is 1.21. The van der Waals surface area contributed by atoms with Crippen LogP contribution in [0.1, 0.15) is 36.8 Å². The highest BCUT2D eigenvalue weighted by Crippen LogP contribution is 2.22. The van der Waals surface area contributed by atoms with Crippen LogP contribution in [0.3, 0.4) is 0 Å². The smallest absolute Gasteiger partial charge is 0.212 e. The molecule has 1 aliphatic rings. The Bertz CT molecular complexity index is 805. The Kier molecular flexibility index (Phi) is 5.81. The van der Waals surface area contributed by atoms with Crippen LogP contribution in [0.2, 0.25) is 0 Å². The van der Waals surface area contributed by atoms with Gasteiger partial charge >= 0.3 is 0 Å². The average Bonchev–Trinajstić information content (AvgIpc) is 3.20. The first-order chi connectivity index (χ1) is 11.9. The van der Waals surface area contributed by atoms with Crippen LogP contribution in [-0.4, -0.2) is 50.7 Å². The molecule has 1 aromatic carbocycles. The number of likely N-dealkylation sites (N-methyl/N-ethyl adjacent to an activating group) is 1. The van der Waals surface area contributed by atoms with Gasteiger partial charge in [-0.3, -0.25) is 0 Å². The van der Waals surface area contributed by atoms with Gasteiger partial charge in [-0.2, -0.15) is 0 Å².